The lowest BCUT2D eigenvalue weighted by molar-refractivity contribution is -0.107. The number of fused-ring (bicyclic) bond motifs is 2. The molecule has 0 radical (unpaired) electrons. The summed E-state index contributed by atoms with van der Waals surface area (Å²) in [7, 11) is 0. The molecule has 0 spiro atoms. The Hall–Kier alpha value is -2.42. The Balaban J connectivity index is 2.12. The van der Waals surface area contributed by atoms with Crippen molar-refractivity contribution in [3.05, 3.63) is 64.7 Å². The van der Waals surface area contributed by atoms with Crippen molar-refractivity contribution >= 4 is 12.1 Å². The number of ether oxygens (including phenoxy) is 1. The summed E-state index contributed by atoms with van der Waals surface area (Å²) >= 11 is 0. The van der Waals surface area contributed by atoms with Gasteiger partial charge in [0, 0.05) is 17.5 Å². The van der Waals surface area contributed by atoms with Gasteiger partial charge in [-0.3, -0.25) is 4.79 Å². The van der Waals surface area contributed by atoms with E-state index in [0.717, 1.165) is 17.4 Å². The standard InChI is InChI=1S/C16H12O3/c17-8-7-11-5-6-15-14(9-11)16(18)13-4-2-1-3-12(13)10-19-15/h1-6,8-9H,7,10H2. The Morgan fingerprint density at radius 1 is 1.11 bits per heavy atom. The zero-order chi connectivity index (χ0) is 13.2. The lowest BCUT2D eigenvalue weighted by atomic mass is 9.97. The van der Waals surface area contributed by atoms with Crippen molar-refractivity contribution < 1.29 is 14.3 Å². The van der Waals surface area contributed by atoms with Crippen LogP contribution in [0.1, 0.15) is 27.0 Å². The van der Waals surface area contributed by atoms with E-state index in [1.54, 1.807) is 12.1 Å². The highest BCUT2D eigenvalue weighted by Gasteiger charge is 2.21. The molecule has 2 aromatic carbocycles. The van der Waals surface area contributed by atoms with Gasteiger partial charge in [-0.2, -0.15) is 0 Å². The van der Waals surface area contributed by atoms with Gasteiger partial charge in [-0.1, -0.05) is 30.3 Å². The predicted octanol–water partition coefficient (Wildman–Crippen LogP) is 2.55. The van der Waals surface area contributed by atoms with Crippen LogP contribution in [0.4, 0.5) is 0 Å². The van der Waals surface area contributed by atoms with Crippen molar-refractivity contribution in [2.24, 2.45) is 0 Å². The molecule has 94 valence electrons. The van der Waals surface area contributed by atoms with Crippen LogP contribution in [0.15, 0.2) is 42.5 Å². The van der Waals surface area contributed by atoms with Crippen molar-refractivity contribution in [2.45, 2.75) is 13.0 Å². The number of ketones is 1. The molecule has 0 aliphatic carbocycles. The molecular formula is C16H12O3. The van der Waals surface area contributed by atoms with Gasteiger partial charge in [-0.15, -0.1) is 0 Å². The van der Waals surface area contributed by atoms with Crippen molar-refractivity contribution in [3.8, 4) is 5.75 Å². The average Bonchev–Trinajstić information content (AvgIpc) is 2.58. The third kappa shape index (κ3) is 2.03. The van der Waals surface area contributed by atoms with Gasteiger partial charge in [-0.05, 0) is 17.7 Å². The predicted molar refractivity (Wildman–Crippen MR) is 70.4 cm³/mol. The molecule has 0 N–H and O–H groups in total. The largest absolute Gasteiger partial charge is 0.488 e. The van der Waals surface area contributed by atoms with Crippen LogP contribution < -0.4 is 4.74 Å². The van der Waals surface area contributed by atoms with E-state index in [0.29, 0.717) is 29.9 Å². The highest BCUT2D eigenvalue weighted by Crippen LogP contribution is 2.29. The summed E-state index contributed by atoms with van der Waals surface area (Å²) < 4.78 is 5.67. The molecule has 2 aromatic rings. The molecule has 0 bridgehead atoms. The molecule has 0 aromatic heterocycles. The van der Waals surface area contributed by atoms with Crippen LogP contribution in [-0.2, 0) is 17.8 Å². The van der Waals surface area contributed by atoms with Crippen LogP contribution in [0.25, 0.3) is 0 Å². The molecule has 3 rings (SSSR count). The highest BCUT2D eigenvalue weighted by molar-refractivity contribution is 6.12. The van der Waals surface area contributed by atoms with Crippen LogP contribution in [0, 0.1) is 0 Å². The molecule has 0 atom stereocenters. The lowest BCUT2D eigenvalue weighted by Gasteiger charge is -2.07. The molecule has 19 heavy (non-hydrogen) atoms. The molecule has 0 unspecified atom stereocenters. The Morgan fingerprint density at radius 2 is 1.95 bits per heavy atom. The van der Waals surface area contributed by atoms with Crippen LogP contribution in [0.3, 0.4) is 0 Å². The number of carbonyl (C=O) groups excluding carboxylic acids is 2. The van der Waals surface area contributed by atoms with Crippen molar-refractivity contribution in [1.29, 1.82) is 0 Å². The molecule has 1 aliphatic rings. The van der Waals surface area contributed by atoms with Crippen LogP contribution in [-0.4, -0.2) is 12.1 Å². The van der Waals surface area contributed by atoms with Gasteiger partial charge < -0.3 is 9.53 Å². The number of rotatable bonds is 2. The van der Waals surface area contributed by atoms with Gasteiger partial charge in [0.05, 0.1) is 5.56 Å². The molecule has 1 heterocycles. The monoisotopic (exact) mass is 252 g/mol. The van der Waals surface area contributed by atoms with E-state index in [-0.39, 0.29) is 5.78 Å². The smallest absolute Gasteiger partial charge is 0.197 e. The third-order valence-corrected chi connectivity index (χ3v) is 3.25. The number of carbonyl (C=O) groups is 2. The van der Waals surface area contributed by atoms with E-state index < -0.39 is 0 Å². The minimum absolute atomic E-state index is 0.0455. The van der Waals surface area contributed by atoms with E-state index in [2.05, 4.69) is 0 Å². The Kier molecular flexibility index (Phi) is 2.88. The van der Waals surface area contributed by atoms with Crippen LogP contribution in [0.5, 0.6) is 5.75 Å². The number of benzene rings is 2. The van der Waals surface area contributed by atoms with E-state index in [4.69, 9.17) is 4.74 Å². The molecule has 0 saturated carbocycles. The van der Waals surface area contributed by atoms with Crippen molar-refractivity contribution in [3.63, 3.8) is 0 Å². The quantitative estimate of drug-likeness (QED) is 0.771. The maximum atomic E-state index is 12.5. The topological polar surface area (TPSA) is 43.4 Å². The number of hydrogen-bond donors (Lipinski definition) is 0. The van der Waals surface area contributed by atoms with Gasteiger partial charge in [0.15, 0.2) is 5.78 Å². The lowest BCUT2D eigenvalue weighted by Crippen LogP contribution is -2.03. The van der Waals surface area contributed by atoms with Gasteiger partial charge >= 0.3 is 0 Å². The number of aldehydes is 1. The van der Waals surface area contributed by atoms with E-state index in [1.807, 2.05) is 30.3 Å². The molecule has 1 aliphatic heterocycles. The first-order valence-electron chi connectivity index (χ1n) is 6.11. The molecule has 3 heteroatoms. The normalized spacial score (nSPS) is 12.9. The first-order chi connectivity index (χ1) is 9.29. The van der Waals surface area contributed by atoms with Crippen molar-refractivity contribution in [2.75, 3.05) is 0 Å². The second kappa shape index (κ2) is 4.69. The molecule has 0 fully saturated rings. The van der Waals surface area contributed by atoms with Crippen LogP contribution >= 0.6 is 0 Å². The Morgan fingerprint density at radius 3 is 2.79 bits per heavy atom. The van der Waals surface area contributed by atoms with Gasteiger partial charge in [0.2, 0.25) is 0 Å². The van der Waals surface area contributed by atoms with E-state index in [1.165, 1.54) is 0 Å². The molecule has 3 nitrogen and oxygen atoms in total. The van der Waals surface area contributed by atoms with Crippen molar-refractivity contribution in [1.82, 2.24) is 0 Å². The average molecular weight is 252 g/mol. The maximum Gasteiger partial charge on any atom is 0.197 e. The minimum atomic E-state index is -0.0455. The van der Waals surface area contributed by atoms with Gasteiger partial charge in [-0.25, -0.2) is 0 Å². The Bertz CT molecular complexity index is 659. The summed E-state index contributed by atoms with van der Waals surface area (Å²) in [4.78, 5) is 23.1. The second-order valence-electron chi connectivity index (χ2n) is 4.48. The first-order valence-corrected chi connectivity index (χ1v) is 6.11. The fraction of sp³-hybridized carbons (Fsp3) is 0.125. The first kappa shape index (κ1) is 11.7. The summed E-state index contributed by atoms with van der Waals surface area (Å²) in [6.07, 6.45) is 1.14. The number of hydrogen-bond acceptors (Lipinski definition) is 3. The molecule has 0 saturated heterocycles. The SMILES string of the molecule is O=CCc1ccc2c(c1)C(=O)c1ccccc1CO2. The summed E-state index contributed by atoms with van der Waals surface area (Å²) in [5, 5.41) is 0. The highest BCUT2D eigenvalue weighted by atomic mass is 16.5. The fourth-order valence-electron chi connectivity index (χ4n) is 2.27. The van der Waals surface area contributed by atoms with Gasteiger partial charge in [0.1, 0.15) is 18.6 Å². The summed E-state index contributed by atoms with van der Waals surface area (Å²) in [6.45, 7) is 0.391. The maximum absolute atomic E-state index is 12.5. The van der Waals surface area contributed by atoms with E-state index in [9.17, 15) is 9.59 Å². The van der Waals surface area contributed by atoms with E-state index >= 15 is 0 Å². The summed E-state index contributed by atoms with van der Waals surface area (Å²) in [5.41, 5.74) is 2.92. The van der Waals surface area contributed by atoms with Gasteiger partial charge in [0.25, 0.3) is 0 Å². The minimum Gasteiger partial charge on any atom is -0.488 e. The summed E-state index contributed by atoms with van der Waals surface area (Å²) in [5.74, 6) is 0.534. The second-order valence-corrected chi connectivity index (χ2v) is 4.48. The molecular weight excluding hydrogens is 240 g/mol. The molecule has 0 amide bonds. The zero-order valence-corrected chi connectivity index (χ0v) is 10.3. The fourth-order valence-corrected chi connectivity index (χ4v) is 2.27. The summed E-state index contributed by atoms with van der Waals surface area (Å²) in [6, 6.07) is 12.8. The zero-order valence-electron chi connectivity index (χ0n) is 10.3. The third-order valence-electron chi connectivity index (χ3n) is 3.25. The Labute approximate surface area is 110 Å². The van der Waals surface area contributed by atoms with Crippen LogP contribution in [0.2, 0.25) is 0 Å².